The van der Waals surface area contributed by atoms with E-state index in [1.54, 1.807) is 40.8 Å². The van der Waals surface area contributed by atoms with Crippen molar-refractivity contribution in [2.24, 2.45) is 0 Å². The fraction of sp³-hybridized carbons (Fsp3) is 0.346. The first-order valence-electron chi connectivity index (χ1n) is 12.8. The number of carboxylic acids is 1. The van der Waals surface area contributed by atoms with Crippen molar-refractivity contribution in [2.45, 2.75) is 18.9 Å². The number of methoxy groups -OCH3 is 1. The number of anilines is 1. The molecule has 1 aromatic carbocycles. The standard InChI is InChI=1S/C26H25FN8O5/c1-40-17-6-4-16(5-7-17)35-25(29-30-31-35)21(36)14-32-8-10-33(11-9-32)24-20(27)12-18-22(37)19(26(38)39)13-34(15-2-3-15)23(18)28-24/h4-7,12-13,15H,2-3,8-11,14H2,1H3,(H,38,39). The number of fused-ring (bicyclic) bond motifs is 1. The molecule has 0 spiro atoms. The molecule has 0 bridgehead atoms. The number of hydrogen-bond donors (Lipinski definition) is 1. The third-order valence-electron chi connectivity index (χ3n) is 7.19. The van der Waals surface area contributed by atoms with E-state index in [0.717, 1.165) is 18.9 Å². The summed E-state index contributed by atoms with van der Waals surface area (Å²) in [5, 5.41) is 20.9. The van der Waals surface area contributed by atoms with Gasteiger partial charge in [0.1, 0.15) is 17.0 Å². The molecule has 2 fully saturated rings. The molecule has 4 heterocycles. The van der Waals surface area contributed by atoms with Gasteiger partial charge in [-0.15, -0.1) is 5.10 Å². The van der Waals surface area contributed by atoms with Gasteiger partial charge in [0.25, 0.3) is 0 Å². The van der Waals surface area contributed by atoms with Gasteiger partial charge in [-0.3, -0.25) is 14.5 Å². The average molecular weight is 549 g/mol. The van der Waals surface area contributed by atoms with Crippen molar-refractivity contribution in [3.8, 4) is 11.4 Å². The number of halogens is 1. The van der Waals surface area contributed by atoms with Gasteiger partial charge < -0.3 is 19.3 Å². The minimum Gasteiger partial charge on any atom is -0.497 e. The Morgan fingerprint density at radius 3 is 2.50 bits per heavy atom. The molecule has 1 aliphatic carbocycles. The van der Waals surface area contributed by atoms with Crippen molar-refractivity contribution in [1.82, 2.24) is 34.7 Å². The Bertz CT molecular complexity index is 1670. The molecule has 0 amide bonds. The van der Waals surface area contributed by atoms with Gasteiger partial charge >= 0.3 is 5.97 Å². The number of Topliss-reactive ketones (excluding diaryl/α,β-unsaturated/α-hetero) is 1. The number of aromatic nitrogens is 6. The number of carbonyl (C=O) groups excluding carboxylic acids is 1. The molecule has 3 aromatic heterocycles. The van der Waals surface area contributed by atoms with Crippen LogP contribution in [0, 0.1) is 5.82 Å². The summed E-state index contributed by atoms with van der Waals surface area (Å²) in [6.07, 6.45) is 2.97. The van der Waals surface area contributed by atoms with Gasteiger partial charge in [-0.1, -0.05) is 0 Å². The lowest BCUT2D eigenvalue weighted by molar-refractivity contribution is 0.0694. The molecule has 0 radical (unpaired) electrons. The highest BCUT2D eigenvalue weighted by Gasteiger charge is 2.30. The van der Waals surface area contributed by atoms with Crippen LogP contribution in [0.1, 0.15) is 39.9 Å². The van der Waals surface area contributed by atoms with E-state index >= 15 is 4.39 Å². The third kappa shape index (κ3) is 4.66. The molecule has 6 rings (SSSR count). The Balaban J connectivity index is 1.18. The van der Waals surface area contributed by atoms with Gasteiger partial charge in [-0.2, -0.15) is 4.68 Å². The minimum absolute atomic E-state index is 0.0318. The number of pyridine rings is 2. The molecule has 1 saturated carbocycles. The summed E-state index contributed by atoms with van der Waals surface area (Å²) in [6, 6.07) is 8.12. The van der Waals surface area contributed by atoms with Gasteiger partial charge in [-0.05, 0) is 53.6 Å². The first kappa shape index (κ1) is 25.6. The van der Waals surface area contributed by atoms with Crippen LogP contribution < -0.4 is 15.1 Å². The lowest BCUT2D eigenvalue weighted by Gasteiger charge is -2.35. The number of ketones is 1. The fourth-order valence-corrected chi connectivity index (χ4v) is 4.89. The van der Waals surface area contributed by atoms with E-state index in [4.69, 9.17) is 4.74 Å². The zero-order valence-corrected chi connectivity index (χ0v) is 21.5. The quantitative estimate of drug-likeness (QED) is 0.320. The summed E-state index contributed by atoms with van der Waals surface area (Å²) in [7, 11) is 1.56. The lowest BCUT2D eigenvalue weighted by Crippen LogP contribution is -2.48. The Morgan fingerprint density at radius 1 is 1.12 bits per heavy atom. The van der Waals surface area contributed by atoms with Crippen LogP contribution in [0.5, 0.6) is 5.75 Å². The number of carbonyl (C=O) groups is 2. The van der Waals surface area contributed by atoms with Crippen LogP contribution in [-0.2, 0) is 0 Å². The third-order valence-corrected chi connectivity index (χ3v) is 7.19. The van der Waals surface area contributed by atoms with Crippen LogP contribution in [0.25, 0.3) is 16.7 Å². The molecular formula is C26H25FN8O5. The smallest absolute Gasteiger partial charge is 0.341 e. The van der Waals surface area contributed by atoms with E-state index in [2.05, 4.69) is 20.5 Å². The van der Waals surface area contributed by atoms with Crippen molar-refractivity contribution in [1.29, 1.82) is 0 Å². The van der Waals surface area contributed by atoms with Crippen LogP contribution in [-0.4, -0.2) is 91.4 Å². The highest BCUT2D eigenvalue weighted by molar-refractivity contribution is 5.94. The number of ether oxygens (including phenoxy) is 1. The van der Waals surface area contributed by atoms with Crippen molar-refractivity contribution >= 4 is 28.6 Å². The molecule has 1 N–H and O–H groups in total. The second kappa shape index (κ2) is 10.1. The van der Waals surface area contributed by atoms with Gasteiger partial charge in [0.05, 0.1) is 24.7 Å². The summed E-state index contributed by atoms with van der Waals surface area (Å²) < 4.78 is 23.4. The highest BCUT2D eigenvalue weighted by Crippen LogP contribution is 2.37. The predicted molar refractivity (Wildman–Crippen MR) is 140 cm³/mol. The van der Waals surface area contributed by atoms with Crippen molar-refractivity contribution in [3.63, 3.8) is 0 Å². The van der Waals surface area contributed by atoms with Crippen molar-refractivity contribution in [3.05, 3.63) is 64.0 Å². The lowest BCUT2D eigenvalue weighted by atomic mass is 10.1. The van der Waals surface area contributed by atoms with Crippen LogP contribution >= 0.6 is 0 Å². The second-order valence-corrected chi connectivity index (χ2v) is 9.78. The Hall–Kier alpha value is -4.72. The minimum atomic E-state index is -1.35. The molecule has 4 aromatic rings. The van der Waals surface area contributed by atoms with E-state index < -0.39 is 22.8 Å². The molecule has 206 valence electrons. The zero-order valence-electron chi connectivity index (χ0n) is 21.5. The summed E-state index contributed by atoms with van der Waals surface area (Å²) in [5.41, 5.74) is -0.254. The summed E-state index contributed by atoms with van der Waals surface area (Å²) in [4.78, 5) is 45.6. The maximum Gasteiger partial charge on any atom is 0.341 e. The molecule has 0 atom stereocenters. The Kier molecular flexibility index (Phi) is 6.46. The topological polar surface area (TPSA) is 149 Å². The normalized spacial score (nSPS) is 15.9. The maximum atomic E-state index is 15.2. The number of tetrazole rings is 1. The number of carboxylic acid groups (broad SMARTS) is 1. The largest absolute Gasteiger partial charge is 0.497 e. The van der Waals surface area contributed by atoms with Crippen molar-refractivity contribution in [2.75, 3.05) is 44.7 Å². The molecule has 0 unspecified atom stereocenters. The maximum absolute atomic E-state index is 15.2. The molecule has 1 saturated heterocycles. The van der Waals surface area contributed by atoms with Gasteiger partial charge in [0.2, 0.25) is 17.0 Å². The molecule has 1 aliphatic heterocycles. The number of rotatable bonds is 8. The van der Waals surface area contributed by atoms with Crippen LogP contribution in [0.15, 0.2) is 41.3 Å². The number of benzene rings is 1. The second-order valence-electron chi connectivity index (χ2n) is 9.78. The Morgan fingerprint density at radius 2 is 1.85 bits per heavy atom. The number of hydrogen-bond acceptors (Lipinski definition) is 10. The van der Waals surface area contributed by atoms with Gasteiger partial charge in [0.15, 0.2) is 11.6 Å². The van der Waals surface area contributed by atoms with Crippen LogP contribution in [0.3, 0.4) is 0 Å². The van der Waals surface area contributed by atoms with Crippen LogP contribution in [0.4, 0.5) is 10.2 Å². The monoisotopic (exact) mass is 548 g/mol. The number of nitrogens with zero attached hydrogens (tertiary/aromatic N) is 8. The predicted octanol–water partition coefficient (Wildman–Crippen LogP) is 1.56. The van der Waals surface area contributed by atoms with Gasteiger partial charge in [0, 0.05) is 38.4 Å². The zero-order chi connectivity index (χ0) is 28.0. The fourth-order valence-electron chi connectivity index (χ4n) is 4.89. The SMILES string of the molecule is COc1ccc(-n2nnnc2C(=O)CN2CCN(c3nc4c(cc3F)c(=O)c(C(=O)O)cn4C3CC3)CC2)cc1. The van der Waals surface area contributed by atoms with Crippen LogP contribution in [0.2, 0.25) is 0 Å². The average Bonchev–Trinajstić information content (AvgIpc) is 3.68. The molecule has 40 heavy (non-hydrogen) atoms. The van der Waals surface area contributed by atoms with Crippen molar-refractivity contribution < 1.29 is 23.8 Å². The molecule has 2 aliphatic rings. The first-order chi connectivity index (χ1) is 19.3. The van der Waals surface area contributed by atoms with E-state index in [1.807, 2.05) is 4.90 Å². The number of piperazine rings is 1. The van der Waals surface area contributed by atoms with E-state index in [9.17, 15) is 19.5 Å². The van der Waals surface area contributed by atoms with E-state index in [1.165, 1.54) is 10.9 Å². The summed E-state index contributed by atoms with van der Waals surface area (Å²) in [6.45, 7) is 1.79. The van der Waals surface area contributed by atoms with E-state index in [0.29, 0.717) is 37.6 Å². The number of aromatic carboxylic acids is 1. The first-order valence-corrected chi connectivity index (χ1v) is 12.8. The van der Waals surface area contributed by atoms with Gasteiger partial charge in [-0.25, -0.2) is 14.2 Å². The van der Waals surface area contributed by atoms with E-state index in [-0.39, 0.29) is 41.0 Å². The summed E-state index contributed by atoms with van der Waals surface area (Å²) >= 11 is 0. The molecule has 14 heteroatoms. The summed E-state index contributed by atoms with van der Waals surface area (Å²) in [5.74, 6) is -1.44. The molecule has 13 nitrogen and oxygen atoms in total. The molecular weight excluding hydrogens is 523 g/mol. The Labute approximate surface area is 226 Å². The highest BCUT2D eigenvalue weighted by atomic mass is 19.1.